The molecule has 4 rings (SSSR count). The molecule has 3 aromatic carbocycles. The van der Waals surface area contributed by atoms with Crippen molar-refractivity contribution in [3.05, 3.63) is 93.4 Å². The highest BCUT2D eigenvalue weighted by Gasteiger charge is 2.32. The standard InChI is InChI=1S/C33H36ClFN4O8/c1-5-44-26-15-22(30-29(32(41)43-4)19(3)37-33(42)38-30)10-11-25(26)46-18-28(40)39-36-16-21-13-24(34)31(27(14-21)45-6-2)47-17-20-8-7-9-23(35)12-20/h7-16,28,30,39-40H,5-6,17-18H2,1-4H3,(H2,37,38,42)/b36-16-/t28-,30-/m0/s1. The normalized spacial score (nSPS) is 15.0. The van der Waals surface area contributed by atoms with Gasteiger partial charge < -0.3 is 39.4 Å². The fourth-order valence-electron chi connectivity index (χ4n) is 4.67. The Morgan fingerprint density at radius 1 is 1.06 bits per heavy atom. The van der Waals surface area contributed by atoms with E-state index in [0.29, 0.717) is 58.6 Å². The molecule has 2 amide bonds. The highest BCUT2D eigenvalue weighted by atomic mass is 35.5. The van der Waals surface area contributed by atoms with E-state index in [4.69, 9.17) is 35.3 Å². The van der Waals surface area contributed by atoms with Crippen molar-refractivity contribution in [3.63, 3.8) is 0 Å². The third-order valence-electron chi connectivity index (χ3n) is 6.71. The minimum Gasteiger partial charge on any atom is -0.490 e. The number of carbonyl (C=O) groups excluding carboxylic acids is 2. The molecule has 0 saturated heterocycles. The smallest absolute Gasteiger partial charge is 0.337 e. The first-order valence-corrected chi connectivity index (χ1v) is 15.1. The number of urea groups is 1. The summed E-state index contributed by atoms with van der Waals surface area (Å²) in [6, 6.07) is 13.0. The first-order valence-electron chi connectivity index (χ1n) is 14.7. The lowest BCUT2D eigenvalue weighted by Gasteiger charge is -2.28. The predicted octanol–water partition coefficient (Wildman–Crippen LogP) is 4.98. The Balaban J connectivity index is 1.40. The van der Waals surface area contributed by atoms with Crippen LogP contribution in [-0.2, 0) is 16.1 Å². The van der Waals surface area contributed by atoms with Gasteiger partial charge in [-0.2, -0.15) is 5.10 Å². The van der Waals surface area contributed by atoms with Gasteiger partial charge in [0, 0.05) is 5.70 Å². The maximum Gasteiger partial charge on any atom is 0.337 e. The van der Waals surface area contributed by atoms with E-state index in [0.717, 1.165) is 0 Å². The van der Waals surface area contributed by atoms with Crippen molar-refractivity contribution in [1.29, 1.82) is 0 Å². The van der Waals surface area contributed by atoms with Crippen molar-refractivity contribution in [3.8, 4) is 23.0 Å². The number of hydrogen-bond acceptors (Lipinski definition) is 10. The second kappa shape index (κ2) is 16.5. The Morgan fingerprint density at radius 2 is 1.83 bits per heavy atom. The van der Waals surface area contributed by atoms with Gasteiger partial charge >= 0.3 is 12.0 Å². The number of rotatable bonds is 15. The molecule has 0 aromatic heterocycles. The summed E-state index contributed by atoms with van der Waals surface area (Å²) in [5.41, 5.74) is 4.97. The zero-order chi connectivity index (χ0) is 33.9. The zero-order valence-corrected chi connectivity index (χ0v) is 27.0. The second-order valence-electron chi connectivity index (χ2n) is 10.1. The van der Waals surface area contributed by atoms with E-state index in [9.17, 15) is 19.1 Å². The third-order valence-corrected chi connectivity index (χ3v) is 6.99. The lowest BCUT2D eigenvalue weighted by molar-refractivity contribution is -0.136. The van der Waals surface area contributed by atoms with Crippen LogP contribution in [0, 0.1) is 5.82 Å². The molecule has 4 N–H and O–H groups in total. The molecule has 0 spiro atoms. The monoisotopic (exact) mass is 670 g/mol. The molecule has 47 heavy (non-hydrogen) atoms. The number of esters is 1. The minimum atomic E-state index is -1.21. The number of allylic oxidation sites excluding steroid dienone is 1. The van der Waals surface area contributed by atoms with Crippen LogP contribution in [0.1, 0.15) is 43.5 Å². The quantitative estimate of drug-likeness (QED) is 0.0761. The Bertz CT molecular complexity index is 1650. The molecule has 12 nitrogen and oxygen atoms in total. The van der Waals surface area contributed by atoms with Crippen LogP contribution in [0.15, 0.2) is 71.0 Å². The van der Waals surface area contributed by atoms with E-state index in [2.05, 4.69) is 21.2 Å². The van der Waals surface area contributed by atoms with Gasteiger partial charge in [-0.25, -0.2) is 14.0 Å². The van der Waals surface area contributed by atoms with Crippen LogP contribution in [-0.4, -0.2) is 56.5 Å². The summed E-state index contributed by atoms with van der Waals surface area (Å²) >= 11 is 6.48. The van der Waals surface area contributed by atoms with Gasteiger partial charge in [0.05, 0.1) is 43.2 Å². The number of amides is 2. The number of aliphatic hydroxyl groups is 1. The Kier molecular flexibility index (Phi) is 12.3. The average Bonchev–Trinajstić information content (AvgIpc) is 3.03. The molecule has 1 heterocycles. The van der Waals surface area contributed by atoms with Crippen molar-refractivity contribution < 1.29 is 42.8 Å². The molecule has 2 atom stereocenters. The minimum absolute atomic E-state index is 0.0896. The summed E-state index contributed by atoms with van der Waals surface area (Å²) in [5, 5.41) is 20.1. The van der Waals surface area contributed by atoms with Crippen LogP contribution in [0.4, 0.5) is 9.18 Å². The van der Waals surface area contributed by atoms with E-state index in [1.54, 1.807) is 56.3 Å². The van der Waals surface area contributed by atoms with Gasteiger partial charge in [-0.15, -0.1) is 0 Å². The van der Waals surface area contributed by atoms with Gasteiger partial charge in [0.25, 0.3) is 0 Å². The van der Waals surface area contributed by atoms with E-state index in [1.807, 2.05) is 6.92 Å². The van der Waals surface area contributed by atoms with Crippen molar-refractivity contribution in [2.24, 2.45) is 5.10 Å². The molecule has 0 saturated carbocycles. The van der Waals surface area contributed by atoms with Crippen LogP contribution in [0.2, 0.25) is 5.02 Å². The molecule has 0 aliphatic carbocycles. The lowest BCUT2D eigenvalue weighted by atomic mass is 9.95. The Morgan fingerprint density at radius 3 is 2.55 bits per heavy atom. The van der Waals surface area contributed by atoms with Crippen molar-refractivity contribution in [2.45, 2.75) is 39.6 Å². The summed E-state index contributed by atoms with van der Waals surface area (Å²) < 4.78 is 41.5. The van der Waals surface area contributed by atoms with Gasteiger partial charge in [-0.3, -0.25) is 5.43 Å². The third kappa shape index (κ3) is 9.27. The Labute approximate surface area is 276 Å². The Hall–Kier alpha value is -5.01. The number of hydrazone groups is 1. The molecule has 250 valence electrons. The molecule has 14 heteroatoms. The molecule has 1 aliphatic rings. The SMILES string of the molecule is CCOc1cc([C@@H]2NC(=O)NC(C)=C2C(=O)OC)ccc1OC[C@H](O)N/N=C\c1cc(Cl)c(OCc2cccc(F)c2)c(OCC)c1. The van der Waals surface area contributed by atoms with Crippen LogP contribution < -0.4 is 35.0 Å². The number of aliphatic hydroxyl groups excluding tert-OH is 1. The van der Waals surface area contributed by atoms with Crippen molar-refractivity contribution in [1.82, 2.24) is 16.1 Å². The van der Waals surface area contributed by atoms with E-state index >= 15 is 0 Å². The highest BCUT2D eigenvalue weighted by molar-refractivity contribution is 6.32. The lowest BCUT2D eigenvalue weighted by Crippen LogP contribution is -2.45. The molecule has 0 unspecified atom stereocenters. The summed E-state index contributed by atoms with van der Waals surface area (Å²) in [6.45, 7) is 5.77. The van der Waals surface area contributed by atoms with Gasteiger partial charge in [0.15, 0.2) is 29.2 Å². The molecule has 0 radical (unpaired) electrons. The van der Waals surface area contributed by atoms with Gasteiger partial charge in [0.1, 0.15) is 19.0 Å². The summed E-state index contributed by atoms with van der Waals surface area (Å²) in [6.07, 6.45) is 0.229. The van der Waals surface area contributed by atoms with E-state index < -0.39 is 24.3 Å². The highest BCUT2D eigenvalue weighted by Crippen LogP contribution is 2.37. The zero-order valence-electron chi connectivity index (χ0n) is 26.3. The number of nitrogens with one attached hydrogen (secondary N) is 3. The number of nitrogens with zero attached hydrogens (tertiary/aromatic N) is 1. The van der Waals surface area contributed by atoms with Crippen LogP contribution >= 0.6 is 11.6 Å². The number of halogens is 2. The van der Waals surface area contributed by atoms with E-state index in [-0.39, 0.29) is 29.6 Å². The van der Waals surface area contributed by atoms with Gasteiger partial charge in [0.2, 0.25) is 0 Å². The molecule has 0 fully saturated rings. The number of ether oxygens (including phenoxy) is 5. The van der Waals surface area contributed by atoms with Crippen LogP contribution in [0.25, 0.3) is 0 Å². The summed E-state index contributed by atoms with van der Waals surface area (Å²) in [4.78, 5) is 24.6. The maximum atomic E-state index is 13.5. The number of carbonyl (C=O) groups is 2. The summed E-state index contributed by atoms with van der Waals surface area (Å²) in [7, 11) is 1.26. The average molecular weight is 671 g/mol. The largest absolute Gasteiger partial charge is 0.490 e. The van der Waals surface area contributed by atoms with Gasteiger partial charge in [-0.1, -0.05) is 29.8 Å². The summed E-state index contributed by atoms with van der Waals surface area (Å²) in [5.74, 6) is 0.393. The van der Waals surface area contributed by atoms with Crippen LogP contribution in [0.5, 0.6) is 23.0 Å². The number of methoxy groups -OCH3 is 1. The molecule has 0 bridgehead atoms. The van der Waals surface area contributed by atoms with Crippen molar-refractivity contribution >= 4 is 29.8 Å². The first-order chi connectivity index (χ1) is 22.6. The first kappa shape index (κ1) is 34.9. The fraction of sp³-hybridized carbons (Fsp3) is 0.303. The topological polar surface area (TPSA) is 149 Å². The van der Waals surface area contributed by atoms with Gasteiger partial charge in [-0.05, 0) is 73.9 Å². The number of benzene rings is 3. The fourth-order valence-corrected chi connectivity index (χ4v) is 4.94. The number of hydrogen-bond donors (Lipinski definition) is 4. The molecular weight excluding hydrogens is 635 g/mol. The predicted molar refractivity (Wildman–Crippen MR) is 172 cm³/mol. The van der Waals surface area contributed by atoms with Crippen molar-refractivity contribution in [2.75, 3.05) is 26.9 Å². The maximum absolute atomic E-state index is 13.5. The second-order valence-corrected chi connectivity index (χ2v) is 10.5. The molecule has 3 aromatic rings. The molecule has 1 aliphatic heterocycles. The van der Waals surface area contributed by atoms with Crippen LogP contribution in [0.3, 0.4) is 0 Å². The molecular formula is C33H36ClFN4O8. The van der Waals surface area contributed by atoms with E-state index in [1.165, 1.54) is 25.5 Å².